The highest BCUT2D eigenvalue weighted by Gasteiger charge is 2.46. The summed E-state index contributed by atoms with van der Waals surface area (Å²) in [5.41, 5.74) is 2.13. The third-order valence-electron chi connectivity index (χ3n) is 3.45. The van der Waals surface area contributed by atoms with Gasteiger partial charge < -0.3 is 4.74 Å². The lowest BCUT2D eigenvalue weighted by atomic mass is 10.0. The van der Waals surface area contributed by atoms with Crippen LogP contribution in [0.3, 0.4) is 0 Å². The summed E-state index contributed by atoms with van der Waals surface area (Å²) < 4.78 is 5.53. The van der Waals surface area contributed by atoms with E-state index in [0.29, 0.717) is 16.3 Å². The molecule has 23 heavy (non-hydrogen) atoms. The Morgan fingerprint density at radius 2 is 1.83 bits per heavy atom. The number of ketones is 1. The number of hydrogen-bond acceptors (Lipinski definition) is 4. The maximum absolute atomic E-state index is 12.4. The van der Waals surface area contributed by atoms with Crippen molar-refractivity contribution in [2.75, 3.05) is 14.1 Å². The van der Waals surface area contributed by atoms with E-state index >= 15 is 0 Å². The first-order valence-electron chi connectivity index (χ1n) is 7.19. The summed E-state index contributed by atoms with van der Waals surface area (Å²) in [5, 5.41) is 10.2. The Labute approximate surface area is 139 Å². The van der Waals surface area contributed by atoms with E-state index in [1.54, 1.807) is 49.4 Å². The summed E-state index contributed by atoms with van der Waals surface area (Å²) in [6.07, 6.45) is -0.728. The number of carbonyl (C=O) groups is 1. The molecule has 1 saturated heterocycles. The van der Waals surface area contributed by atoms with Gasteiger partial charge in [0.1, 0.15) is 6.10 Å². The van der Waals surface area contributed by atoms with Crippen molar-refractivity contribution in [3.63, 3.8) is 0 Å². The van der Waals surface area contributed by atoms with Gasteiger partial charge in [-0.05, 0) is 30.3 Å². The van der Waals surface area contributed by atoms with Crippen molar-refractivity contribution in [1.82, 2.24) is 5.01 Å². The van der Waals surface area contributed by atoms with Crippen LogP contribution in [0.5, 0.6) is 0 Å². The van der Waals surface area contributed by atoms with Gasteiger partial charge in [0.05, 0.1) is 5.69 Å². The van der Waals surface area contributed by atoms with Crippen LogP contribution in [0.1, 0.15) is 22.0 Å². The Morgan fingerprint density at radius 3 is 2.48 bits per heavy atom. The van der Waals surface area contributed by atoms with Crippen LogP contribution in [-0.4, -0.2) is 31.0 Å². The normalized spacial score (nSPS) is 19.8. The molecular formula is C17H16ClN3O2. The molecule has 1 aliphatic heterocycles. The first kappa shape index (κ1) is 15.6. The monoisotopic (exact) mass is 329 g/mol. The molecule has 3 rings (SSSR count). The third kappa shape index (κ3) is 3.57. The molecule has 6 heteroatoms. The molecule has 0 radical (unpaired) electrons. The van der Waals surface area contributed by atoms with E-state index in [-0.39, 0.29) is 11.9 Å². The molecule has 0 saturated carbocycles. The second-order valence-electron chi connectivity index (χ2n) is 5.45. The zero-order valence-corrected chi connectivity index (χ0v) is 13.6. The number of nitrogens with zero attached hydrogens (tertiary/aromatic N) is 3. The summed E-state index contributed by atoms with van der Waals surface area (Å²) in [5.74, 6) is -0.0500. The zero-order valence-electron chi connectivity index (χ0n) is 12.8. The molecule has 118 valence electrons. The summed E-state index contributed by atoms with van der Waals surface area (Å²) in [6.45, 7) is 0. The fraction of sp³-hybridized carbons (Fsp3) is 0.235. The van der Waals surface area contributed by atoms with E-state index in [9.17, 15) is 4.79 Å². The van der Waals surface area contributed by atoms with Gasteiger partial charge in [-0.2, -0.15) is 0 Å². The Bertz CT molecular complexity index is 744. The highest BCUT2D eigenvalue weighted by Crippen LogP contribution is 2.43. The molecule has 1 fully saturated rings. The minimum Gasteiger partial charge on any atom is -0.356 e. The highest BCUT2D eigenvalue weighted by molar-refractivity contribution is 6.31. The number of benzene rings is 2. The van der Waals surface area contributed by atoms with Crippen LogP contribution < -0.4 is 0 Å². The first-order chi connectivity index (χ1) is 11.1. The van der Waals surface area contributed by atoms with Crippen LogP contribution in [0.2, 0.25) is 5.02 Å². The SMILES string of the molecule is CN(C)N=Nc1ccc(C(=O)C2OC2c2ccccc2Cl)cc1. The first-order valence-corrected chi connectivity index (χ1v) is 7.57. The van der Waals surface area contributed by atoms with E-state index in [4.69, 9.17) is 16.3 Å². The van der Waals surface area contributed by atoms with Crippen LogP contribution in [0.25, 0.3) is 0 Å². The second-order valence-corrected chi connectivity index (χ2v) is 5.85. The number of carbonyl (C=O) groups excluding carboxylic acids is 1. The fourth-order valence-electron chi connectivity index (χ4n) is 2.25. The van der Waals surface area contributed by atoms with E-state index < -0.39 is 6.10 Å². The van der Waals surface area contributed by atoms with Crippen molar-refractivity contribution in [2.45, 2.75) is 12.2 Å². The maximum Gasteiger partial charge on any atom is 0.194 e. The van der Waals surface area contributed by atoms with E-state index in [2.05, 4.69) is 10.3 Å². The summed E-state index contributed by atoms with van der Waals surface area (Å²) in [6, 6.07) is 14.4. The molecule has 2 aromatic rings. The van der Waals surface area contributed by atoms with Gasteiger partial charge in [0.25, 0.3) is 0 Å². The quantitative estimate of drug-likeness (QED) is 0.357. The van der Waals surface area contributed by atoms with Gasteiger partial charge in [-0.15, -0.1) is 5.11 Å². The average Bonchev–Trinajstić information content (AvgIpc) is 3.33. The predicted octanol–water partition coefficient (Wildman–Crippen LogP) is 4.22. The predicted molar refractivity (Wildman–Crippen MR) is 88.0 cm³/mol. The van der Waals surface area contributed by atoms with Crippen LogP contribution in [-0.2, 0) is 4.74 Å². The van der Waals surface area contributed by atoms with Gasteiger partial charge in [0.15, 0.2) is 11.9 Å². The van der Waals surface area contributed by atoms with Crippen molar-refractivity contribution < 1.29 is 9.53 Å². The lowest BCUT2D eigenvalue weighted by molar-refractivity contribution is 0.0953. The molecule has 0 spiro atoms. The Morgan fingerprint density at radius 1 is 1.13 bits per heavy atom. The van der Waals surface area contributed by atoms with E-state index in [1.807, 2.05) is 18.2 Å². The van der Waals surface area contributed by atoms with Crippen molar-refractivity contribution in [1.29, 1.82) is 0 Å². The zero-order chi connectivity index (χ0) is 16.4. The van der Waals surface area contributed by atoms with E-state index in [0.717, 1.165) is 5.56 Å². The van der Waals surface area contributed by atoms with Crippen LogP contribution >= 0.6 is 11.6 Å². The van der Waals surface area contributed by atoms with Crippen LogP contribution in [0.4, 0.5) is 5.69 Å². The molecule has 0 N–H and O–H groups in total. The molecule has 2 unspecified atom stereocenters. The van der Waals surface area contributed by atoms with Crippen molar-refractivity contribution in [3.8, 4) is 0 Å². The fourth-order valence-corrected chi connectivity index (χ4v) is 2.50. The number of rotatable bonds is 5. The maximum atomic E-state index is 12.4. The number of hydrogen-bond donors (Lipinski definition) is 0. The molecule has 1 aliphatic rings. The van der Waals surface area contributed by atoms with Crippen molar-refractivity contribution in [3.05, 3.63) is 64.7 Å². The van der Waals surface area contributed by atoms with Gasteiger partial charge in [-0.3, -0.25) is 9.80 Å². The van der Waals surface area contributed by atoms with Crippen LogP contribution in [0, 0.1) is 0 Å². The number of halogens is 1. The molecule has 2 aromatic carbocycles. The van der Waals surface area contributed by atoms with Crippen molar-refractivity contribution >= 4 is 23.1 Å². The number of epoxide rings is 1. The summed E-state index contributed by atoms with van der Waals surface area (Å²) in [4.78, 5) is 12.4. The van der Waals surface area contributed by atoms with Crippen molar-refractivity contribution in [2.24, 2.45) is 10.3 Å². The minimum atomic E-state index is -0.468. The number of Topliss-reactive ketones (excluding diaryl/α,β-unsaturated/α-hetero) is 1. The van der Waals surface area contributed by atoms with Gasteiger partial charge in [0, 0.05) is 30.2 Å². The smallest absolute Gasteiger partial charge is 0.194 e. The van der Waals surface area contributed by atoms with Gasteiger partial charge in [-0.1, -0.05) is 35.0 Å². The summed E-state index contributed by atoms with van der Waals surface area (Å²) >= 11 is 6.14. The standard InChI is InChI=1S/C17H16ClN3O2/c1-21(2)20-19-12-9-7-11(8-10-12)15(22)17-16(23-17)13-5-3-4-6-14(13)18/h3-10,16-17H,1-2H3. The lowest BCUT2D eigenvalue weighted by Crippen LogP contribution is -2.08. The average molecular weight is 330 g/mol. The topological polar surface area (TPSA) is 57.6 Å². The van der Waals surface area contributed by atoms with Gasteiger partial charge in [0.2, 0.25) is 0 Å². The molecule has 2 atom stereocenters. The molecule has 0 bridgehead atoms. The third-order valence-corrected chi connectivity index (χ3v) is 3.80. The minimum absolute atomic E-state index is 0.0500. The van der Waals surface area contributed by atoms with Crippen LogP contribution in [0.15, 0.2) is 58.9 Å². The molecule has 1 heterocycles. The molecular weight excluding hydrogens is 314 g/mol. The van der Waals surface area contributed by atoms with Gasteiger partial charge in [-0.25, -0.2) is 0 Å². The molecule has 0 amide bonds. The summed E-state index contributed by atoms with van der Waals surface area (Å²) in [7, 11) is 3.58. The Balaban J connectivity index is 1.69. The molecule has 0 aromatic heterocycles. The van der Waals surface area contributed by atoms with Gasteiger partial charge >= 0.3 is 0 Å². The molecule has 5 nitrogen and oxygen atoms in total. The number of ether oxygens (including phenoxy) is 1. The second kappa shape index (κ2) is 6.48. The highest BCUT2D eigenvalue weighted by atomic mass is 35.5. The Kier molecular flexibility index (Phi) is 4.41. The Hall–Kier alpha value is -2.24. The lowest BCUT2D eigenvalue weighted by Gasteiger charge is -2.02. The van der Waals surface area contributed by atoms with E-state index in [1.165, 1.54) is 0 Å². The molecule has 0 aliphatic carbocycles. The largest absolute Gasteiger partial charge is 0.356 e.